The molecule has 2 bridgehead atoms. The molecule has 0 radical (unpaired) electrons. The average Bonchev–Trinajstić information content (AvgIpc) is 2.85. The summed E-state index contributed by atoms with van der Waals surface area (Å²) in [5, 5.41) is 4.10. The van der Waals surface area contributed by atoms with Crippen LogP contribution in [0.25, 0.3) is 0 Å². The van der Waals surface area contributed by atoms with E-state index < -0.39 is 0 Å². The van der Waals surface area contributed by atoms with Crippen molar-refractivity contribution in [2.75, 3.05) is 5.73 Å². The summed E-state index contributed by atoms with van der Waals surface area (Å²) in [6.45, 7) is 0.755. The highest BCUT2D eigenvalue weighted by molar-refractivity contribution is 5.23. The van der Waals surface area contributed by atoms with E-state index in [0.29, 0.717) is 11.7 Å². The van der Waals surface area contributed by atoms with E-state index in [1.54, 1.807) is 10.7 Å². The zero-order valence-electron chi connectivity index (χ0n) is 9.30. The molecule has 4 nitrogen and oxygen atoms in total. The standard InChI is InChI=1S/C12H17N3O/c13-11-3-4-12(16)15(14-11)7-10-6-8-1-2-9(10)5-8/h3-4,8-10H,1-2,5-7H2,(H2,13,14). The summed E-state index contributed by atoms with van der Waals surface area (Å²) in [7, 11) is 0. The smallest absolute Gasteiger partial charge is 0.266 e. The zero-order chi connectivity index (χ0) is 11.1. The largest absolute Gasteiger partial charge is 0.382 e. The molecule has 0 amide bonds. The second kappa shape index (κ2) is 3.61. The Labute approximate surface area is 94.5 Å². The summed E-state index contributed by atoms with van der Waals surface area (Å²) in [5.74, 6) is 2.81. The molecule has 0 aliphatic heterocycles. The van der Waals surface area contributed by atoms with Gasteiger partial charge in [0.1, 0.15) is 5.82 Å². The first kappa shape index (κ1) is 9.87. The Hall–Kier alpha value is -1.32. The maximum absolute atomic E-state index is 11.6. The maximum atomic E-state index is 11.6. The van der Waals surface area contributed by atoms with Crippen molar-refractivity contribution in [3.63, 3.8) is 0 Å². The van der Waals surface area contributed by atoms with Gasteiger partial charge in [0.2, 0.25) is 0 Å². The maximum Gasteiger partial charge on any atom is 0.266 e. The lowest BCUT2D eigenvalue weighted by molar-refractivity contribution is 0.281. The summed E-state index contributed by atoms with van der Waals surface area (Å²) in [5.41, 5.74) is 5.58. The summed E-state index contributed by atoms with van der Waals surface area (Å²) in [4.78, 5) is 11.6. The highest BCUT2D eigenvalue weighted by atomic mass is 16.1. The second-order valence-corrected chi connectivity index (χ2v) is 5.21. The fraction of sp³-hybridized carbons (Fsp3) is 0.667. The van der Waals surface area contributed by atoms with Crippen LogP contribution in [-0.2, 0) is 6.54 Å². The van der Waals surface area contributed by atoms with Crippen LogP contribution in [0, 0.1) is 17.8 Å². The molecular weight excluding hydrogens is 202 g/mol. The van der Waals surface area contributed by atoms with Crippen molar-refractivity contribution < 1.29 is 0 Å². The van der Waals surface area contributed by atoms with Gasteiger partial charge in [-0.15, -0.1) is 0 Å². The van der Waals surface area contributed by atoms with E-state index in [-0.39, 0.29) is 5.56 Å². The summed E-state index contributed by atoms with van der Waals surface area (Å²) >= 11 is 0. The minimum Gasteiger partial charge on any atom is -0.382 e. The quantitative estimate of drug-likeness (QED) is 0.814. The van der Waals surface area contributed by atoms with Crippen LogP contribution >= 0.6 is 0 Å². The molecule has 1 aromatic heterocycles. The molecule has 2 fully saturated rings. The number of hydrogen-bond donors (Lipinski definition) is 1. The van der Waals surface area contributed by atoms with Gasteiger partial charge in [-0.25, -0.2) is 4.68 Å². The third kappa shape index (κ3) is 1.62. The average molecular weight is 219 g/mol. The Balaban J connectivity index is 1.79. The van der Waals surface area contributed by atoms with E-state index in [2.05, 4.69) is 5.10 Å². The van der Waals surface area contributed by atoms with Crippen molar-refractivity contribution in [1.29, 1.82) is 0 Å². The third-order valence-electron chi connectivity index (χ3n) is 4.18. The van der Waals surface area contributed by atoms with E-state index in [1.807, 2.05) is 0 Å². The lowest BCUT2D eigenvalue weighted by Gasteiger charge is -2.21. The number of hydrogen-bond acceptors (Lipinski definition) is 3. The van der Waals surface area contributed by atoms with Gasteiger partial charge in [0.25, 0.3) is 5.56 Å². The van der Waals surface area contributed by atoms with Gasteiger partial charge in [0.15, 0.2) is 0 Å². The number of nitrogens with two attached hydrogens (primary N) is 1. The van der Waals surface area contributed by atoms with Crippen LogP contribution in [0.4, 0.5) is 5.82 Å². The topological polar surface area (TPSA) is 60.9 Å². The fourth-order valence-corrected chi connectivity index (χ4v) is 3.42. The SMILES string of the molecule is Nc1ccc(=O)n(CC2CC3CCC2C3)n1. The van der Waals surface area contributed by atoms with Gasteiger partial charge in [0, 0.05) is 12.6 Å². The minimum absolute atomic E-state index is 0.0306. The molecule has 3 atom stereocenters. The molecule has 0 spiro atoms. The zero-order valence-corrected chi connectivity index (χ0v) is 9.30. The van der Waals surface area contributed by atoms with Gasteiger partial charge in [-0.2, -0.15) is 5.10 Å². The summed E-state index contributed by atoms with van der Waals surface area (Å²) in [6, 6.07) is 3.08. The predicted molar refractivity (Wildman–Crippen MR) is 61.8 cm³/mol. The number of aromatic nitrogens is 2. The minimum atomic E-state index is -0.0306. The molecule has 16 heavy (non-hydrogen) atoms. The molecule has 2 aliphatic carbocycles. The molecule has 2 N–H and O–H groups in total. The molecule has 2 saturated carbocycles. The van der Waals surface area contributed by atoms with E-state index >= 15 is 0 Å². The Morgan fingerprint density at radius 1 is 1.38 bits per heavy atom. The number of fused-ring (bicyclic) bond motifs is 2. The Bertz CT molecular complexity index is 454. The number of nitrogen functional groups attached to an aromatic ring is 1. The lowest BCUT2D eigenvalue weighted by atomic mass is 9.89. The van der Waals surface area contributed by atoms with Crippen LogP contribution < -0.4 is 11.3 Å². The predicted octanol–water partition coefficient (Wildman–Crippen LogP) is 1.26. The van der Waals surface area contributed by atoms with Crippen molar-refractivity contribution >= 4 is 5.82 Å². The Morgan fingerprint density at radius 2 is 2.25 bits per heavy atom. The molecule has 0 saturated heterocycles. The molecule has 3 rings (SSSR count). The Kier molecular flexibility index (Phi) is 2.23. The molecular formula is C12H17N3O. The molecule has 86 valence electrons. The van der Waals surface area contributed by atoms with Crippen LogP contribution in [-0.4, -0.2) is 9.78 Å². The summed E-state index contributed by atoms with van der Waals surface area (Å²) < 4.78 is 1.54. The van der Waals surface area contributed by atoms with Crippen LogP contribution in [0.3, 0.4) is 0 Å². The molecule has 3 unspecified atom stereocenters. The first-order chi connectivity index (χ1) is 7.72. The van der Waals surface area contributed by atoms with Crippen LogP contribution in [0.2, 0.25) is 0 Å². The molecule has 4 heteroatoms. The van der Waals surface area contributed by atoms with Crippen molar-refractivity contribution in [3.8, 4) is 0 Å². The normalized spacial score (nSPS) is 32.1. The van der Waals surface area contributed by atoms with Gasteiger partial charge in [-0.3, -0.25) is 4.79 Å². The van der Waals surface area contributed by atoms with E-state index in [0.717, 1.165) is 18.4 Å². The van der Waals surface area contributed by atoms with Crippen LogP contribution in [0.1, 0.15) is 25.7 Å². The Morgan fingerprint density at radius 3 is 2.94 bits per heavy atom. The van der Waals surface area contributed by atoms with Crippen molar-refractivity contribution in [1.82, 2.24) is 9.78 Å². The highest BCUT2D eigenvalue weighted by Crippen LogP contribution is 2.48. The van der Waals surface area contributed by atoms with Crippen molar-refractivity contribution in [3.05, 3.63) is 22.5 Å². The van der Waals surface area contributed by atoms with Gasteiger partial charge in [-0.05, 0) is 43.1 Å². The third-order valence-corrected chi connectivity index (χ3v) is 4.18. The highest BCUT2D eigenvalue weighted by Gasteiger charge is 2.39. The van der Waals surface area contributed by atoms with Gasteiger partial charge >= 0.3 is 0 Å². The van der Waals surface area contributed by atoms with E-state index in [9.17, 15) is 4.79 Å². The van der Waals surface area contributed by atoms with Crippen LogP contribution in [0.5, 0.6) is 0 Å². The van der Waals surface area contributed by atoms with Gasteiger partial charge in [-0.1, -0.05) is 6.42 Å². The second-order valence-electron chi connectivity index (χ2n) is 5.21. The summed E-state index contributed by atoms with van der Waals surface area (Å²) in [6.07, 6.45) is 5.36. The first-order valence-corrected chi connectivity index (χ1v) is 6.06. The number of rotatable bonds is 2. The first-order valence-electron chi connectivity index (χ1n) is 6.06. The van der Waals surface area contributed by atoms with Gasteiger partial charge in [0.05, 0.1) is 0 Å². The molecule has 1 aromatic rings. The van der Waals surface area contributed by atoms with Crippen molar-refractivity contribution in [2.45, 2.75) is 32.2 Å². The van der Waals surface area contributed by atoms with E-state index in [4.69, 9.17) is 5.73 Å². The van der Waals surface area contributed by atoms with Gasteiger partial charge < -0.3 is 5.73 Å². The van der Waals surface area contributed by atoms with Crippen molar-refractivity contribution in [2.24, 2.45) is 17.8 Å². The fourth-order valence-electron chi connectivity index (χ4n) is 3.42. The van der Waals surface area contributed by atoms with Crippen LogP contribution in [0.15, 0.2) is 16.9 Å². The number of nitrogens with zero attached hydrogens (tertiary/aromatic N) is 2. The molecule has 0 aromatic carbocycles. The molecule has 1 heterocycles. The molecule has 2 aliphatic rings. The number of anilines is 1. The monoisotopic (exact) mass is 219 g/mol. The lowest BCUT2D eigenvalue weighted by Crippen LogP contribution is -2.28. The van der Waals surface area contributed by atoms with E-state index in [1.165, 1.54) is 31.7 Å².